The van der Waals surface area contributed by atoms with Gasteiger partial charge in [-0.25, -0.2) is 4.98 Å². The number of aromatic nitrogens is 2. The average Bonchev–Trinajstić information content (AvgIpc) is 3.10. The lowest BCUT2D eigenvalue weighted by Crippen LogP contribution is -2.32. The van der Waals surface area contributed by atoms with Crippen molar-refractivity contribution in [3.05, 3.63) is 84.4 Å². The van der Waals surface area contributed by atoms with E-state index >= 15 is 0 Å². The van der Waals surface area contributed by atoms with E-state index in [2.05, 4.69) is 13.8 Å². The summed E-state index contributed by atoms with van der Waals surface area (Å²) in [6.07, 6.45) is 0.689. The van der Waals surface area contributed by atoms with E-state index in [0.29, 0.717) is 39.4 Å². The molecule has 1 aliphatic rings. The molecule has 4 nitrogen and oxygen atoms in total. The fraction of sp³-hybridized carbons (Fsp3) is 0.280. The molecule has 2 aromatic carbocycles. The zero-order valence-electron chi connectivity index (χ0n) is 18.4. The van der Waals surface area contributed by atoms with E-state index in [0.717, 1.165) is 32.1 Å². The summed E-state index contributed by atoms with van der Waals surface area (Å²) < 4.78 is 7.72. The lowest BCUT2D eigenvalue weighted by molar-refractivity contribution is -0.0379. The van der Waals surface area contributed by atoms with E-state index in [1.165, 1.54) is 11.8 Å². The summed E-state index contributed by atoms with van der Waals surface area (Å²) in [6, 6.07) is 13.4. The summed E-state index contributed by atoms with van der Waals surface area (Å²) in [5.74, 6) is 0.503. The Morgan fingerprint density at radius 1 is 1.18 bits per heavy atom. The van der Waals surface area contributed by atoms with Crippen molar-refractivity contribution in [2.75, 3.05) is 0 Å². The minimum atomic E-state index is -0.310. The number of aryl methyl sites for hydroxylation is 1. The Balaban J connectivity index is 1.69. The molecule has 2 aromatic heterocycles. The van der Waals surface area contributed by atoms with Gasteiger partial charge in [-0.05, 0) is 61.7 Å². The number of thiophene rings is 1. The minimum Gasteiger partial charge on any atom is -0.370 e. The monoisotopic (exact) mass is 516 g/mol. The predicted molar refractivity (Wildman–Crippen MR) is 139 cm³/mol. The van der Waals surface area contributed by atoms with Crippen molar-refractivity contribution in [1.29, 1.82) is 0 Å². The summed E-state index contributed by atoms with van der Waals surface area (Å²) in [4.78, 5) is 20.8. The zero-order valence-corrected chi connectivity index (χ0v) is 21.6. The van der Waals surface area contributed by atoms with Crippen LogP contribution in [0.15, 0.2) is 52.4 Å². The van der Waals surface area contributed by atoms with Gasteiger partial charge in [-0.1, -0.05) is 53.2 Å². The van der Waals surface area contributed by atoms with Crippen LogP contribution in [0.4, 0.5) is 0 Å². The third-order valence-electron chi connectivity index (χ3n) is 5.74. The van der Waals surface area contributed by atoms with E-state index in [9.17, 15) is 4.79 Å². The van der Waals surface area contributed by atoms with Gasteiger partial charge in [-0.2, -0.15) is 0 Å². The van der Waals surface area contributed by atoms with Crippen LogP contribution < -0.4 is 5.56 Å². The van der Waals surface area contributed by atoms with Gasteiger partial charge < -0.3 is 4.74 Å². The number of rotatable bonds is 4. The number of ether oxygens (including phenoxy) is 1. The number of hydrogen-bond acceptors (Lipinski definition) is 5. The van der Waals surface area contributed by atoms with Gasteiger partial charge in [0, 0.05) is 27.1 Å². The highest BCUT2D eigenvalue weighted by molar-refractivity contribution is 7.98. The van der Waals surface area contributed by atoms with Crippen LogP contribution in [0.3, 0.4) is 0 Å². The van der Waals surface area contributed by atoms with Crippen molar-refractivity contribution in [2.24, 2.45) is 0 Å². The van der Waals surface area contributed by atoms with Crippen molar-refractivity contribution in [3.8, 4) is 5.69 Å². The van der Waals surface area contributed by atoms with Crippen molar-refractivity contribution in [1.82, 2.24) is 9.55 Å². The summed E-state index contributed by atoms with van der Waals surface area (Å²) >= 11 is 15.8. The van der Waals surface area contributed by atoms with Gasteiger partial charge in [0.15, 0.2) is 5.16 Å². The Morgan fingerprint density at radius 3 is 2.64 bits per heavy atom. The Kier molecular flexibility index (Phi) is 6.08. The van der Waals surface area contributed by atoms with E-state index in [-0.39, 0.29) is 11.2 Å². The molecule has 8 heteroatoms. The van der Waals surface area contributed by atoms with Crippen LogP contribution >= 0.6 is 46.3 Å². The highest BCUT2D eigenvalue weighted by atomic mass is 35.5. The van der Waals surface area contributed by atoms with Crippen LogP contribution in [0.2, 0.25) is 10.0 Å². The molecule has 4 aromatic rings. The standard InChI is InChI=1S/C25H22Cl2N2O2S2/c1-14-6-4-7-15(10-14)29-23(30)21-16-11-25(2,3)31-12-20(16)33-22(21)28-24(29)32-13-17-18(26)8-5-9-19(17)27/h4-10H,11-13H2,1-3H3. The maximum absolute atomic E-state index is 14.0. The van der Waals surface area contributed by atoms with E-state index in [1.807, 2.05) is 49.4 Å². The SMILES string of the molecule is Cc1cccc(-n2c(SCc3c(Cl)cccc3Cl)nc3sc4c(c3c2=O)CC(C)(C)OC4)c1. The molecule has 0 spiro atoms. The van der Waals surface area contributed by atoms with Gasteiger partial charge in [-0.3, -0.25) is 9.36 Å². The molecule has 33 heavy (non-hydrogen) atoms. The predicted octanol–water partition coefficient (Wildman–Crippen LogP) is 7.21. The maximum atomic E-state index is 14.0. The largest absolute Gasteiger partial charge is 0.370 e. The van der Waals surface area contributed by atoms with Gasteiger partial charge in [0.05, 0.1) is 23.3 Å². The van der Waals surface area contributed by atoms with E-state index in [1.54, 1.807) is 15.9 Å². The van der Waals surface area contributed by atoms with E-state index in [4.69, 9.17) is 32.9 Å². The summed E-state index contributed by atoms with van der Waals surface area (Å²) in [6.45, 7) is 6.64. The Bertz CT molecular complexity index is 1420. The molecular formula is C25H22Cl2N2O2S2. The second-order valence-corrected chi connectivity index (χ2v) is 11.6. The van der Waals surface area contributed by atoms with Gasteiger partial charge in [0.25, 0.3) is 5.56 Å². The number of thioether (sulfide) groups is 1. The maximum Gasteiger partial charge on any atom is 0.267 e. The first-order valence-corrected chi connectivity index (χ1v) is 13.1. The third-order valence-corrected chi connectivity index (χ3v) is 8.51. The van der Waals surface area contributed by atoms with Crippen LogP contribution in [0.25, 0.3) is 15.9 Å². The molecule has 0 unspecified atom stereocenters. The van der Waals surface area contributed by atoms with Gasteiger partial charge in [-0.15, -0.1) is 11.3 Å². The highest BCUT2D eigenvalue weighted by Gasteiger charge is 2.31. The van der Waals surface area contributed by atoms with Crippen molar-refractivity contribution >= 4 is 56.5 Å². The quantitative estimate of drug-likeness (QED) is 0.212. The molecule has 0 atom stereocenters. The molecule has 0 N–H and O–H groups in total. The molecule has 0 bridgehead atoms. The molecule has 0 saturated carbocycles. The second-order valence-electron chi connectivity index (χ2n) is 8.77. The first kappa shape index (κ1) is 22.9. The smallest absolute Gasteiger partial charge is 0.267 e. The fourth-order valence-corrected chi connectivity index (χ4v) is 6.97. The molecule has 0 amide bonds. The topological polar surface area (TPSA) is 44.1 Å². The number of benzene rings is 2. The first-order valence-electron chi connectivity index (χ1n) is 10.6. The Labute approximate surface area is 210 Å². The minimum absolute atomic E-state index is 0.0476. The molecule has 0 aliphatic carbocycles. The fourth-order valence-electron chi connectivity index (χ4n) is 4.07. The lowest BCUT2D eigenvalue weighted by atomic mass is 9.94. The molecule has 1 aliphatic heterocycles. The molecule has 3 heterocycles. The van der Waals surface area contributed by atoms with Crippen LogP contribution in [0, 0.1) is 6.92 Å². The zero-order chi connectivity index (χ0) is 23.3. The van der Waals surface area contributed by atoms with Crippen LogP contribution in [0.5, 0.6) is 0 Å². The molecule has 170 valence electrons. The number of halogens is 2. The number of nitrogens with zero attached hydrogens (tertiary/aromatic N) is 2. The van der Waals surface area contributed by atoms with Crippen LogP contribution in [-0.4, -0.2) is 15.2 Å². The normalized spacial score (nSPS) is 15.1. The van der Waals surface area contributed by atoms with Crippen LogP contribution in [-0.2, 0) is 23.5 Å². The Morgan fingerprint density at radius 2 is 1.91 bits per heavy atom. The number of hydrogen-bond donors (Lipinski definition) is 0. The lowest BCUT2D eigenvalue weighted by Gasteiger charge is -2.29. The average molecular weight is 518 g/mol. The molecule has 0 saturated heterocycles. The molecule has 5 rings (SSSR count). The van der Waals surface area contributed by atoms with E-state index < -0.39 is 0 Å². The third kappa shape index (κ3) is 4.35. The molecular weight excluding hydrogens is 495 g/mol. The first-order chi connectivity index (χ1) is 15.7. The second kappa shape index (κ2) is 8.75. The summed E-state index contributed by atoms with van der Waals surface area (Å²) in [5.41, 5.74) is 3.41. The van der Waals surface area contributed by atoms with Gasteiger partial charge in [0.1, 0.15) is 4.83 Å². The Hall–Kier alpha value is -1.83. The van der Waals surface area contributed by atoms with Crippen molar-refractivity contribution in [2.45, 2.75) is 50.3 Å². The molecule has 0 radical (unpaired) electrons. The summed E-state index contributed by atoms with van der Waals surface area (Å²) in [7, 11) is 0. The van der Waals surface area contributed by atoms with Crippen molar-refractivity contribution in [3.63, 3.8) is 0 Å². The number of fused-ring (bicyclic) bond motifs is 3. The van der Waals surface area contributed by atoms with Crippen molar-refractivity contribution < 1.29 is 4.74 Å². The highest BCUT2D eigenvalue weighted by Crippen LogP contribution is 2.39. The van der Waals surface area contributed by atoms with Gasteiger partial charge >= 0.3 is 0 Å². The van der Waals surface area contributed by atoms with Crippen LogP contribution in [0.1, 0.15) is 35.4 Å². The summed E-state index contributed by atoms with van der Waals surface area (Å²) in [5, 5.41) is 2.53. The molecule has 0 fully saturated rings. The van der Waals surface area contributed by atoms with Gasteiger partial charge in [0.2, 0.25) is 0 Å².